The highest BCUT2D eigenvalue weighted by Crippen LogP contribution is 2.39. The van der Waals surface area contributed by atoms with Crippen molar-refractivity contribution in [1.82, 2.24) is 0 Å². The van der Waals surface area contributed by atoms with E-state index in [1.807, 2.05) is 24.3 Å². The minimum absolute atomic E-state index is 0.283. The summed E-state index contributed by atoms with van der Waals surface area (Å²) in [6, 6.07) is 42.0. The highest BCUT2D eigenvalue weighted by molar-refractivity contribution is 7.21. The van der Waals surface area contributed by atoms with Crippen LogP contribution >= 0.6 is 22.7 Å². The van der Waals surface area contributed by atoms with Gasteiger partial charge in [-0.3, -0.25) is 0 Å². The Morgan fingerprint density at radius 3 is 1.60 bits per heavy atom. The number of nitrogens with zero attached hydrogens (tertiary/aromatic N) is 2. The number of aromatic hydroxyl groups is 1. The summed E-state index contributed by atoms with van der Waals surface area (Å²) in [7, 11) is 2.31. The van der Waals surface area contributed by atoms with E-state index in [1.54, 1.807) is 29.8 Å². The minimum atomic E-state index is 0.283. The Labute approximate surface area is 251 Å². The van der Waals surface area contributed by atoms with Gasteiger partial charge in [0.25, 0.3) is 10.0 Å². The van der Waals surface area contributed by atoms with Crippen molar-refractivity contribution < 1.29 is 18.8 Å². The fraction of sp³-hybridized carbons (Fsp3) is 0.0286. The molecular weight excluding hydrogens is 555 g/mol. The molecule has 0 saturated heterocycles. The zero-order valence-corrected chi connectivity index (χ0v) is 24.5. The van der Waals surface area contributed by atoms with Crippen LogP contribution in [0.1, 0.15) is 0 Å². The average molecular weight is 581 g/mol. The molecule has 8 aromatic rings. The average Bonchev–Trinajstić information content (AvgIpc) is 3.58. The van der Waals surface area contributed by atoms with Crippen molar-refractivity contribution in [3.63, 3.8) is 0 Å². The van der Waals surface area contributed by atoms with Gasteiger partial charge in [0.15, 0.2) is 0 Å². The lowest BCUT2D eigenvalue weighted by molar-refractivity contribution is -0.615. The van der Waals surface area contributed by atoms with Crippen molar-refractivity contribution >= 4 is 72.2 Å². The number of benzene rings is 6. The van der Waals surface area contributed by atoms with E-state index in [1.165, 1.54) is 14.8 Å². The maximum Gasteiger partial charge on any atom is 0.830 e. The number of para-hydroxylation sites is 2. The second kappa shape index (κ2) is 9.98. The van der Waals surface area contributed by atoms with Gasteiger partial charge in [-0.05, 0) is 57.9 Å². The quantitative estimate of drug-likeness (QED) is 0.212. The van der Waals surface area contributed by atoms with Crippen LogP contribution in [0.25, 0.3) is 63.1 Å². The maximum absolute atomic E-state index is 11.3. The second-order valence-corrected chi connectivity index (χ2v) is 12.4. The van der Waals surface area contributed by atoms with Crippen LogP contribution in [0.15, 0.2) is 121 Å². The fourth-order valence-electron chi connectivity index (χ4n) is 5.85. The third-order valence-corrected chi connectivity index (χ3v) is 10.3. The number of phenols is 1. The molecular formula is C35H25BN2O2S2+2. The summed E-state index contributed by atoms with van der Waals surface area (Å²) in [4.78, 5) is 0. The SMILES string of the molecule is COc1cc2ccccc2cc1-c1sc2ccccc2[n+]1B[n+]1c(-c2cc3ccccc3cc2O)sc2ccccc21. The maximum atomic E-state index is 11.3. The second-order valence-electron chi connectivity index (χ2n) is 10.4. The molecule has 2 aromatic heterocycles. The molecule has 0 radical (unpaired) electrons. The van der Waals surface area contributed by atoms with Crippen LogP contribution < -0.4 is 13.7 Å². The van der Waals surface area contributed by atoms with Crippen LogP contribution in [-0.4, -0.2) is 19.8 Å². The first-order valence-corrected chi connectivity index (χ1v) is 15.4. The molecule has 1 N–H and O–H groups in total. The number of aromatic nitrogens is 2. The molecule has 0 spiro atoms. The van der Waals surface area contributed by atoms with Crippen LogP contribution in [0.4, 0.5) is 0 Å². The molecule has 0 bridgehead atoms. The van der Waals surface area contributed by atoms with Gasteiger partial charge in [-0.1, -0.05) is 95.5 Å². The highest BCUT2D eigenvalue weighted by atomic mass is 32.1. The number of thiazole rings is 2. The van der Waals surface area contributed by atoms with Crippen molar-refractivity contribution in [2.24, 2.45) is 0 Å². The Morgan fingerprint density at radius 2 is 1.02 bits per heavy atom. The zero-order chi connectivity index (χ0) is 28.2. The van der Waals surface area contributed by atoms with Gasteiger partial charge in [-0.2, -0.15) is 8.96 Å². The van der Waals surface area contributed by atoms with E-state index in [2.05, 4.69) is 106 Å². The van der Waals surface area contributed by atoms with Gasteiger partial charge in [0.05, 0.1) is 18.2 Å². The lowest BCUT2D eigenvalue weighted by Crippen LogP contribution is -2.59. The third kappa shape index (κ3) is 4.04. The lowest BCUT2D eigenvalue weighted by atomic mass is 10.0. The third-order valence-electron chi connectivity index (χ3n) is 7.89. The number of methoxy groups -OCH3 is 1. The van der Waals surface area contributed by atoms with Gasteiger partial charge >= 0.3 is 7.55 Å². The molecule has 8 rings (SSSR count). The van der Waals surface area contributed by atoms with E-state index in [0.717, 1.165) is 54.1 Å². The molecule has 0 aliphatic carbocycles. The molecule has 0 amide bonds. The number of phenolic OH excluding ortho intramolecular Hbond substituents is 1. The summed E-state index contributed by atoms with van der Waals surface area (Å²) in [5.41, 5.74) is 4.18. The van der Waals surface area contributed by atoms with Gasteiger partial charge in [-0.15, -0.1) is 0 Å². The van der Waals surface area contributed by atoms with E-state index >= 15 is 0 Å². The van der Waals surface area contributed by atoms with Gasteiger partial charge in [0, 0.05) is 12.1 Å². The van der Waals surface area contributed by atoms with E-state index in [0.29, 0.717) is 7.55 Å². The highest BCUT2D eigenvalue weighted by Gasteiger charge is 2.37. The van der Waals surface area contributed by atoms with Crippen molar-refractivity contribution in [2.75, 3.05) is 7.11 Å². The largest absolute Gasteiger partial charge is 0.830 e. The van der Waals surface area contributed by atoms with Crippen LogP contribution in [0.5, 0.6) is 11.5 Å². The van der Waals surface area contributed by atoms with Crippen molar-refractivity contribution in [1.29, 1.82) is 0 Å². The Bertz CT molecular complexity index is 2310. The number of ether oxygens (including phenoxy) is 1. The molecule has 7 heteroatoms. The molecule has 0 saturated carbocycles. The Hall–Kier alpha value is -4.72. The van der Waals surface area contributed by atoms with E-state index in [-0.39, 0.29) is 5.75 Å². The molecule has 4 nitrogen and oxygen atoms in total. The predicted octanol–water partition coefficient (Wildman–Crippen LogP) is 7.71. The number of fused-ring (bicyclic) bond motifs is 4. The first kappa shape index (κ1) is 25.0. The van der Waals surface area contributed by atoms with Crippen LogP contribution in [0, 0.1) is 0 Å². The molecule has 200 valence electrons. The van der Waals surface area contributed by atoms with Gasteiger partial charge < -0.3 is 9.84 Å². The van der Waals surface area contributed by atoms with Gasteiger partial charge in [0.2, 0.25) is 11.0 Å². The van der Waals surface area contributed by atoms with Gasteiger partial charge in [0.1, 0.15) is 20.9 Å². The lowest BCUT2D eigenvalue weighted by Gasteiger charge is -2.08. The van der Waals surface area contributed by atoms with Crippen LogP contribution in [-0.2, 0) is 0 Å². The molecule has 0 unspecified atom stereocenters. The fourth-order valence-corrected chi connectivity index (χ4v) is 8.20. The predicted molar refractivity (Wildman–Crippen MR) is 176 cm³/mol. The topological polar surface area (TPSA) is 37.2 Å². The molecule has 2 heterocycles. The van der Waals surface area contributed by atoms with Crippen LogP contribution in [0.3, 0.4) is 0 Å². The van der Waals surface area contributed by atoms with Crippen molar-refractivity contribution in [3.05, 3.63) is 121 Å². The van der Waals surface area contributed by atoms with Crippen molar-refractivity contribution in [3.8, 4) is 32.6 Å². The summed E-state index contributed by atoms with van der Waals surface area (Å²) in [6.07, 6.45) is 0. The Balaban J connectivity index is 1.39. The molecule has 42 heavy (non-hydrogen) atoms. The smallest absolute Gasteiger partial charge is 0.507 e. The summed E-state index contributed by atoms with van der Waals surface area (Å²) < 4.78 is 13.1. The normalized spacial score (nSPS) is 11.5. The summed E-state index contributed by atoms with van der Waals surface area (Å²) >= 11 is 3.48. The number of hydrogen-bond donors (Lipinski definition) is 1. The Kier molecular flexibility index (Phi) is 5.95. The molecule has 0 aliphatic heterocycles. The van der Waals surface area contributed by atoms with Crippen molar-refractivity contribution in [2.45, 2.75) is 0 Å². The number of hydrogen-bond acceptors (Lipinski definition) is 4. The summed E-state index contributed by atoms with van der Waals surface area (Å²) in [5.74, 6) is 1.13. The zero-order valence-electron chi connectivity index (χ0n) is 22.8. The molecule has 6 aromatic carbocycles. The minimum Gasteiger partial charge on any atom is -0.507 e. The first-order valence-electron chi connectivity index (χ1n) is 13.8. The summed E-state index contributed by atoms with van der Waals surface area (Å²) in [5, 5.41) is 17.9. The monoisotopic (exact) mass is 580 g/mol. The van der Waals surface area contributed by atoms with Crippen LogP contribution in [0.2, 0.25) is 0 Å². The molecule has 0 aliphatic rings. The van der Waals surface area contributed by atoms with Gasteiger partial charge in [-0.25, -0.2) is 0 Å². The van der Waals surface area contributed by atoms with E-state index < -0.39 is 0 Å². The van der Waals surface area contributed by atoms with E-state index in [4.69, 9.17) is 4.74 Å². The molecule has 0 atom stereocenters. The Morgan fingerprint density at radius 1 is 0.571 bits per heavy atom. The van der Waals surface area contributed by atoms with E-state index in [9.17, 15) is 5.11 Å². The standard InChI is InChI=1S/C35H24BN2O2S2/c1-40-31-21-25-13-5-3-11-23(25)19-27(31)35-38(29-15-7-9-17-33(29)42-35)36-37-28-14-6-8-16-32(28)41-34(37)26-18-22-10-2-4-12-24(22)20-30(26)39/h2-21,36H,1H3/q+1/p+1. The first-order chi connectivity index (χ1) is 20.7. The molecule has 0 fully saturated rings. The summed E-state index contributed by atoms with van der Waals surface area (Å²) in [6.45, 7) is 0. The number of rotatable bonds is 5.